The average molecular weight is 251 g/mol. The van der Waals surface area contributed by atoms with Gasteiger partial charge < -0.3 is 9.47 Å². The molecule has 0 N–H and O–H groups in total. The van der Waals surface area contributed by atoms with Gasteiger partial charge in [-0.1, -0.05) is 12.1 Å². The van der Waals surface area contributed by atoms with Crippen molar-refractivity contribution in [3.05, 3.63) is 39.9 Å². The molecule has 1 saturated heterocycles. The van der Waals surface area contributed by atoms with E-state index in [0.717, 1.165) is 5.56 Å². The van der Waals surface area contributed by atoms with Crippen molar-refractivity contribution in [1.29, 1.82) is 0 Å². The fourth-order valence-electron chi connectivity index (χ4n) is 1.75. The number of rotatable bonds is 5. The highest BCUT2D eigenvalue weighted by atomic mass is 16.7. The lowest BCUT2D eigenvalue weighted by atomic mass is 10.1. The SMILES string of the molecule is O=C(Cc1ccc([N+](=O)[O-])cc1)CC1OCCO1. The first kappa shape index (κ1) is 12.7. The lowest BCUT2D eigenvalue weighted by Gasteiger charge is -2.07. The number of nitro benzene ring substituents is 1. The van der Waals surface area contributed by atoms with Crippen LogP contribution in [0.2, 0.25) is 0 Å². The first-order chi connectivity index (χ1) is 8.65. The zero-order valence-corrected chi connectivity index (χ0v) is 9.70. The molecule has 18 heavy (non-hydrogen) atoms. The van der Waals surface area contributed by atoms with Crippen LogP contribution < -0.4 is 0 Å². The molecule has 1 aliphatic heterocycles. The van der Waals surface area contributed by atoms with E-state index in [-0.39, 0.29) is 24.3 Å². The smallest absolute Gasteiger partial charge is 0.269 e. The summed E-state index contributed by atoms with van der Waals surface area (Å²) in [6.07, 6.45) is 0.0219. The minimum Gasteiger partial charge on any atom is -0.350 e. The highest BCUT2D eigenvalue weighted by molar-refractivity contribution is 5.81. The second-order valence-corrected chi connectivity index (χ2v) is 4.01. The van der Waals surface area contributed by atoms with Gasteiger partial charge in [0.05, 0.1) is 24.6 Å². The normalized spacial score (nSPS) is 15.8. The van der Waals surface area contributed by atoms with Gasteiger partial charge in [-0.3, -0.25) is 14.9 Å². The van der Waals surface area contributed by atoms with Gasteiger partial charge in [0.1, 0.15) is 5.78 Å². The van der Waals surface area contributed by atoms with Crippen molar-refractivity contribution < 1.29 is 19.2 Å². The molecule has 1 heterocycles. The molecule has 0 spiro atoms. The van der Waals surface area contributed by atoms with Crippen molar-refractivity contribution in [2.75, 3.05) is 13.2 Å². The molecule has 0 saturated carbocycles. The molecule has 96 valence electrons. The molecule has 0 amide bonds. The average Bonchev–Trinajstić information content (AvgIpc) is 2.82. The Hall–Kier alpha value is -1.79. The number of non-ortho nitro benzene ring substituents is 1. The third kappa shape index (κ3) is 3.35. The Balaban J connectivity index is 1.88. The van der Waals surface area contributed by atoms with Crippen LogP contribution in [0, 0.1) is 10.1 Å². The summed E-state index contributed by atoms with van der Waals surface area (Å²) in [6, 6.07) is 5.97. The summed E-state index contributed by atoms with van der Waals surface area (Å²) in [6.45, 7) is 1.05. The number of benzene rings is 1. The van der Waals surface area contributed by atoms with Crippen LogP contribution in [-0.4, -0.2) is 30.2 Å². The van der Waals surface area contributed by atoms with Gasteiger partial charge in [-0.15, -0.1) is 0 Å². The van der Waals surface area contributed by atoms with Crippen LogP contribution in [0.25, 0.3) is 0 Å². The molecule has 1 aromatic carbocycles. The summed E-state index contributed by atoms with van der Waals surface area (Å²) < 4.78 is 10.4. The standard InChI is InChI=1S/C12H13NO5/c14-11(8-12-17-5-6-18-12)7-9-1-3-10(4-2-9)13(15)16/h1-4,12H,5-8H2. The molecule has 2 rings (SSSR count). The molecule has 0 aromatic heterocycles. The lowest BCUT2D eigenvalue weighted by molar-refractivity contribution is -0.384. The van der Waals surface area contributed by atoms with E-state index in [1.807, 2.05) is 0 Å². The van der Waals surface area contributed by atoms with Gasteiger partial charge >= 0.3 is 0 Å². The summed E-state index contributed by atoms with van der Waals surface area (Å²) in [5.41, 5.74) is 0.775. The predicted molar refractivity (Wildman–Crippen MR) is 62.1 cm³/mol. The Bertz CT molecular complexity index is 436. The second-order valence-electron chi connectivity index (χ2n) is 4.01. The summed E-state index contributed by atoms with van der Waals surface area (Å²) in [7, 11) is 0. The maximum atomic E-state index is 11.7. The van der Waals surface area contributed by atoms with E-state index in [2.05, 4.69) is 0 Å². The maximum absolute atomic E-state index is 11.7. The van der Waals surface area contributed by atoms with Crippen molar-refractivity contribution in [2.24, 2.45) is 0 Å². The molecule has 6 heteroatoms. The van der Waals surface area contributed by atoms with Crippen molar-refractivity contribution in [3.8, 4) is 0 Å². The number of hydrogen-bond donors (Lipinski definition) is 0. The number of carbonyl (C=O) groups is 1. The number of ether oxygens (including phenoxy) is 2. The van der Waals surface area contributed by atoms with E-state index in [4.69, 9.17) is 9.47 Å². The number of Topliss-reactive ketones (excluding diaryl/α,β-unsaturated/α-hetero) is 1. The fourth-order valence-corrected chi connectivity index (χ4v) is 1.75. The Labute approximate surface area is 104 Å². The fraction of sp³-hybridized carbons (Fsp3) is 0.417. The van der Waals surface area contributed by atoms with E-state index in [9.17, 15) is 14.9 Å². The molecular weight excluding hydrogens is 238 g/mol. The van der Waals surface area contributed by atoms with Gasteiger partial charge in [-0.2, -0.15) is 0 Å². The van der Waals surface area contributed by atoms with Crippen LogP contribution in [0.4, 0.5) is 5.69 Å². The first-order valence-corrected chi connectivity index (χ1v) is 5.63. The summed E-state index contributed by atoms with van der Waals surface area (Å²) in [5.74, 6) is -0.00393. The molecular formula is C12H13NO5. The van der Waals surface area contributed by atoms with Crippen LogP contribution >= 0.6 is 0 Å². The van der Waals surface area contributed by atoms with Crippen molar-refractivity contribution >= 4 is 11.5 Å². The first-order valence-electron chi connectivity index (χ1n) is 5.63. The van der Waals surface area contributed by atoms with Gasteiger partial charge in [-0.25, -0.2) is 0 Å². The minimum absolute atomic E-state index is 0.00393. The number of nitrogens with zero attached hydrogens (tertiary/aromatic N) is 1. The van der Waals surface area contributed by atoms with Gasteiger partial charge in [0.15, 0.2) is 6.29 Å². The molecule has 1 aliphatic rings. The third-order valence-corrected chi connectivity index (χ3v) is 2.63. The summed E-state index contributed by atoms with van der Waals surface area (Å²) in [4.78, 5) is 21.7. The number of ketones is 1. The summed E-state index contributed by atoms with van der Waals surface area (Å²) in [5, 5.41) is 10.5. The van der Waals surface area contributed by atoms with E-state index in [1.165, 1.54) is 12.1 Å². The third-order valence-electron chi connectivity index (χ3n) is 2.63. The van der Waals surface area contributed by atoms with Crippen LogP contribution in [0.5, 0.6) is 0 Å². The van der Waals surface area contributed by atoms with Crippen LogP contribution in [-0.2, 0) is 20.7 Å². The van der Waals surface area contributed by atoms with Crippen molar-refractivity contribution in [3.63, 3.8) is 0 Å². The highest BCUT2D eigenvalue weighted by Gasteiger charge is 2.19. The van der Waals surface area contributed by atoms with Crippen LogP contribution in [0.3, 0.4) is 0 Å². The van der Waals surface area contributed by atoms with Gasteiger partial charge in [0, 0.05) is 18.6 Å². The lowest BCUT2D eigenvalue weighted by Crippen LogP contribution is -2.15. The number of carbonyl (C=O) groups excluding carboxylic acids is 1. The zero-order valence-electron chi connectivity index (χ0n) is 9.70. The predicted octanol–water partition coefficient (Wildman–Crippen LogP) is 1.47. The zero-order chi connectivity index (χ0) is 13.0. The molecule has 0 atom stereocenters. The maximum Gasteiger partial charge on any atom is 0.269 e. The van der Waals surface area contributed by atoms with Gasteiger partial charge in [-0.05, 0) is 5.56 Å². The molecule has 0 bridgehead atoms. The molecule has 1 aromatic rings. The van der Waals surface area contributed by atoms with Gasteiger partial charge in [0.2, 0.25) is 0 Å². The Morgan fingerprint density at radius 1 is 1.28 bits per heavy atom. The van der Waals surface area contributed by atoms with E-state index in [1.54, 1.807) is 12.1 Å². The molecule has 0 unspecified atom stereocenters. The summed E-state index contributed by atoms with van der Waals surface area (Å²) >= 11 is 0. The quantitative estimate of drug-likeness (QED) is 0.585. The number of hydrogen-bond acceptors (Lipinski definition) is 5. The van der Waals surface area contributed by atoms with Crippen LogP contribution in [0.1, 0.15) is 12.0 Å². The Kier molecular flexibility index (Phi) is 4.01. The second kappa shape index (κ2) is 5.70. The Morgan fingerprint density at radius 3 is 2.44 bits per heavy atom. The number of nitro groups is 1. The topological polar surface area (TPSA) is 78.7 Å². The van der Waals surface area contributed by atoms with Crippen molar-refractivity contribution in [2.45, 2.75) is 19.1 Å². The molecule has 0 aliphatic carbocycles. The van der Waals surface area contributed by atoms with E-state index >= 15 is 0 Å². The monoisotopic (exact) mass is 251 g/mol. The molecule has 1 fully saturated rings. The van der Waals surface area contributed by atoms with Gasteiger partial charge in [0.25, 0.3) is 5.69 Å². The Morgan fingerprint density at radius 2 is 1.89 bits per heavy atom. The van der Waals surface area contributed by atoms with Crippen LogP contribution in [0.15, 0.2) is 24.3 Å². The van der Waals surface area contributed by atoms with E-state index < -0.39 is 11.2 Å². The minimum atomic E-state index is -0.466. The molecule has 0 radical (unpaired) electrons. The van der Waals surface area contributed by atoms with Crippen molar-refractivity contribution in [1.82, 2.24) is 0 Å². The van der Waals surface area contributed by atoms with E-state index in [0.29, 0.717) is 13.2 Å². The largest absolute Gasteiger partial charge is 0.350 e. The highest BCUT2D eigenvalue weighted by Crippen LogP contribution is 2.14. The molecule has 6 nitrogen and oxygen atoms in total.